The number of piperidine rings is 1. The number of anilines is 1. The first-order chi connectivity index (χ1) is 9.00. The Balaban J connectivity index is 2.07. The molecule has 0 atom stereocenters. The summed E-state index contributed by atoms with van der Waals surface area (Å²) >= 11 is 0. The molecule has 1 aromatic rings. The summed E-state index contributed by atoms with van der Waals surface area (Å²) in [4.78, 5) is 16.2. The molecule has 4 nitrogen and oxygen atoms in total. The van der Waals surface area contributed by atoms with Crippen LogP contribution in [0.4, 0.5) is 10.1 Å². The minimum absolute atomic E-state index is 0.0535. The maximum absolute atomic E-state index is 13.4. The maximum Gasteiger partial charge on any atom is 0.256 e. The van der Waals surface area contributed by atoms with E-state index in [0.29, 0.717) is 19.1 Å². The second-order valence-electron chi connectivity index (χ2n) is 5.19. The van der Waals surface area contributed by atoms with Crippen molar-refractivity contribution in [3.63, 3.8) is 0 Å². The van der Waals surface area contributed by atoms with E-state index in [4.69, 9.17) is 5.73 Å². The van der Waals surface area contributed by atoms with Crippen LogP contribution in [0.3, 0.4) is 0 Å². The molecule has 0 spiro atoms. The fourth-order valence-corrected chi connectivity index (χ4v) is 2.48. The minimum atomic E-state index is -0.533. The Bertz CT molecular complexity index is 468. The van der Waals surface area contributed by atoms with Crippen molar-refractivity contribution >= 4 is 11.6 Å². The second-order valence-corrected chi connectivity index (χ2v) is 5.19. The summed E-state index contributed by atoms with van der Waals surface area (Å²) in [5, 5.41) is 0. The van der Waals surface area contributed by atoms with Gasteiger partial charge in [0.25, 0.3) is 5.91 Å². The van der Waals surface area contributed by atoms with Gasteiger partial charge in [0.15, 0.2) is 0 Å². The monoisotopic (exact) mass is 265 g/mol. The third kappa shape index (κ3) is 2.87. The number of para-hydroxylation sites is 1. The van der Waals surface area contributed by atoms with Crippen LogP contribution in [0.5, 0.6) is 0 Å². The zero-order valence-electron chi connectivity index (χ0n) is 11.4. The summed E-state index contributed by atoms with van der Waals surface area (Å²) in [5.74, 6) is -0.705. The first-order valence-electron chi connectivity index (χ1n) is 6.50. The molecule has 0 radical (unpaired) electrons. The van der Waals surface area contributed by atoms with Crippen LogP contribution in [0.1, 0.15) is 23.2 Å². The molecular formula is C14H20FN3O. The van der Waals surface area contributed by atoms with Crippen molar-refractivity contribution in [2.24, 2.45) is 0 Å². The van der Waals surface area contributed by atoms with Gasteiger partial charge in [-0.25, -0.2) is 4.39 Å². The molecule has 1 saturated heterocycles. The molecule has 0 saturated carbocycles. The molecule has 104 valence electrons. The lowest BCUT2D eigenvalue weighted by Crippen LogP contribution is -2.44. The first-order valence-corrected chi connectivity index (χ1v) is 6.50. The van der Waals surface area contributed by atoms with Gasteiger partial charge in [-0.05, 0) is 39.1 Å². The largest absolute Gasteiger partial charge is 0.396 e. The topological polar surface area (TPSA) is 49.6 Å². The Hall–Kier alpha value is -1.62. The fraction of sp³-hybridized carbons (Fsp3) is 0.500. The number of rotatable bonds is 2. The summed E-state index contributed by atoms with van der Waals surface area (Å²) < 4.78 is 13.4. The Kier molecular flexibility index (Phi) is 4.04. The van der Waals surface area contributed by atoms with Gasteiger partial charge >= 0.3 is 0 Å². The van der Waals surface area contributed by atoms with Crippen LogP contribution in [0.25, 0.3) is 0 Å². The van der Waals surface area contributed by atoms with E-state index in [2.05, 4.69) is 4.90 Å². The molecule has 0 bridgehead atoms. The molecule has 1 aliphatic rings. The van der Waals surface area contributed by atoms with Gasteiger partial charge < -0.3 is 15.5 Å². The number of halogens is 1. The average Bonchev–Trinajstić information content (AvgIpc) is 2.41. The Labute approximate surface area is 113 Å². The maximum atomic E-state index is 13.4. The van der Waals surface area contributed by atoms with Crippen molar-refractivity contribution in [2.75, 3.05) is 32.9 Å². The number of carbonyl (C=O) groups is 1. The Morgan fingerprint density at radius 2 is 2.00 bits per heavy atom. The molecule has 0 aromatic heterocycles. The van der Waals surface area contributed by atoms with Gasteiger partial charge in [-0.15, -0.1) is 0 Å². The number of hydrogen-bond donors (Lipinski definition) is 1. The van der Waals surface area contributed by atoms with Crippen LogP contribution < -0.4 is 5.73 Å². The number of hydrogen-bond acceptors (Lipinski definition) is 3. The van der Waals surface area contributed by atoms with Crippen molar-refractivity contribution in [3.8, 4) is 0 Å². The molecule has 1 heterocycles. The molecule has 0 unspecified atom stereocenters. The van der Waals surface area contributed by atoms with Crippen LogP contribution in [0.2, 0.25) is 0 Å². The van der Waals surface area contributed by atoms with E-state index in [1.807, 2.05) is 14.1 Å². The van der Waals surface area contributed by atoms with Crippen molar-refractivity contribution in [1.82, 2.24) is 9.80 Å². The van der Waals surface area contributed by atoms with Crippen LogP contribution in [0, 0.1) is 5.82 Å². The second kappa shape index (κ2) is 5.57. The number of nitrogens with zero attached hydrogens (tertiary/aromatic N) is 2. The zero-order valence-corrected chi connectivity index (χ0v) is 11.4. The highest BCUT2D eigenvalue weighted by atomic mass is 19.1. The van der Waals surface area contributed by atoms with E-state index >= 15 is 0 Å². The highest BCUT2D eigenvalue weighted by molar-refractivity contribution is 5.99. The normalized spacial score (nSPS) is 16.9. The SMILES string of the molecule is CN(C)C1CCN(C(=O)c2cccc(F)c2N)CC1. The van der Waals surface area contributed by atoms with E-state index < -0.39 is 5.82 Å². The van der Waals surface area contributed by atoms with Crippen molar-refractivity contribution < 1.29 is 9.18 Å². The predicted molar refractivity (Wildman–Crippen MR) is 73.4 cm³/mol. The molecule has 0 aliphatic carbocycles. The van der Waals surface area contributed by atoms with Gasteiger partial charge in [0.05, 0.1) is 11.3 Å². The van der Waals surface area contributed by atoms with Crippen molar-refractivity contribution in [2.45, 2.75) is 18.9 Å². The molecule has 2 N–H and O–H groups in total. The molecule has 5 heteroatoms. The smallest absolute Gasteiger partial charge is 0.256 e. The third-order valence-corrected chi connectivity index (χ3v) is 3.77. The number of amides is 1. The van der Waals surface area contributed by atoms with Gasteiger partial charge in [-0.2, -0.15) is 0 Å². The van der Waals surface area contributed by atoms with E-state index in [1.165, 1.54) is 12.1 Å². The van der Waals surface area contributed by atoms with Gasteiger partial charge in [0.1, 0.15) is 5.82 Å². The number of nitrogen functional groups attached to an aromatic ring is 1. The van der Waals surface area contributed by atoms with E-state index in [9.17, 15) is 9.18 Å². The van der Waals surface area contributed by atoms with Gasteiger partial charge in [-0.1, -0.05) is 6.07 Å². The lowest BCUT2D eigenvalue weighted by atomic mass is 10.0. The van der Waals surface area contributed by atoms with E-state index in [-0.39, 0.29) is 17.2 Å². The highest BCUT2D eigenvalue weighted by Gasteiger charge is 2.26. The molecule has 1 aromatic carbocycles. The molecular weight excluding hydrogens is 245 g/mol. The quantitative estimate of drug-likeness (QED) is 0.826. The summed E-state index contributed by atoms with van der Waals surface area (Å²) in [6, 6.07) is 4.88. The summed E-state index contributed by atoms with van der Waals surface area (Å²) in [7, 11) is 4.10. The van der Waals surface area contributed by atoms with Gasteiger partial charge in [0.2, 0.25) is 0 Å². The Morgan fingerprint density at radius 3 is 2.58 bits per heavy atom. The lowest BCUT2D eigenvalue weighted by Gasteiger charge is -2.35. The summed E-state index contributed by atoms with van der Waals surface area (Å²) in [6.45, 7) is 1.38. The molecule has 19 heavy (non-hydrogen) atoms. The minimum Gasteiger partial charge on any atom is -0.396 e. The van der Waals surface area contributed by atoms with Crippen LogP contribution >= 0.6 is 0 Å². The summed E-state index contributed by atoms with van der Waals surface area (Å²) in [5.41, 5.74) is 5.85. The number of benzene rings is 1. The van der Waals surface area contributed by atoms with Crippen LogP contribution in [0.15, 0.2) is 18.2 Å². The molecule has 1 fully saturated rings. The third-order valence-electron chi connectivity index (χ3n) is 3.77. The van der Waals surface area contributed by atoms with Crippen molar-refractivity contribution in [3.05, 3.63) is 29.6 Å². The fourth-order valence-electron chi connectivity index (χ4n) is 2.48. The molecule has 1 amide bonds. The summed E-state index contributed by atoms with van der Waals surface area (Å²) in [6.07, 6.45) is 1.88. The van der Waals surface area contributed by atoms with Crippen LogP contribution in [-0.2, 0) is 0 Å². The first kappa shape index (κ1) is 13.8. The van der Waals surface area contributed by atoms with E-state index in [1.54, 1.807) is 11.0 Å². The molecule has 2 rings (SSSR count). The number of likely N-dealkylation sites (tertiary alicyclic amines) is 1. The lowest BCUT2D eigenvalue weighted by molar-refractivity contribution is 0.0664. The standard InChI is InChI=1S/C14H20FN3O/c1-17(2)10-6-8-18(9-7-10)14(19)11-4-3-5-12(15)13(11)16/h3-5,10H,6-9,16H2,1-2H3. The predicted octanol–water partition coefficient (Wildman–Crippen LogP) is 1.57. The molecule has 1 aliphatic heterocycles. The van der Waals surface area contributed by atoms with Gasteiger partial charge in [0, 0.05) is 19.1 Å². The number of carbonyl (C=O) groups excluding carboxylic acids is 1. The van der Waals surface area contributed by atoms with Gasteiger partial charge in [-0.3, -0.25) is 4.79 Å². The zero-order chi connectivity index (χ0) is 14.0. The number of nitrogens with two attached hydrogens (primary N) is 1. The van der Waals surface area contributed by atoms with Crippen molar-refractivity contribution in [1.29, 1.82) is 0 Å². The Morgan fingerprint density at radius 1 is 1.37 bits per heavy atom. The average molecular weight is 265 g/mol. The van der Waals surface area contributed by atoms with Crippen LogP contribution in [-0.4, -0.2) is 48.9 Å². The highest BCUT2D eigenvalue weighted by Crippen LogP contribution is 2.21. The van der Waals surface area contributed by atoms with E-state index in [0.717, 1.165) is 12.8 Å².